The Morgan fingerprint density at radius 1 is 1.18 bits per heavy atom. The summed E-state index contributed by atoms with van der Waals surface area (Å²) in [5.74, 6) is 1.32. The smallest absolute Gasteiger partial charge is 0.262 e. The van der Waals surface area contributed by atoms with Crippen molar-refractivity contribution in [3.63, 3.8) is 0 Å². The maximum Gasteiger partial charge on any atom is 0.262 e. The van der Waals surface area contributed by atoms with Gasteiger partial charge >= 0.3 is 0 Å². The van der Waals surface area contributed by atoms with Crippen LogP contribution in [0.3, 0.4) is 0 Å². The number of nitrogens with zero attached hydrogens (tertiary/aromatic N) is 1. The van der Waals surface area contributed by atoms with Crippen LogP contribution in [0.2, 0.25) is 0 Å². The zero-order valence-electron chi connectivity index (χ0n) is 18.8. The normalized spacial score (nSPS) is 13.6. The van der Waals surface area contributed by atoms with Gasteiger partial charge in [-0.3, -0.25) is 14.5 Å². The number of hydrogen-bond donors (Lipinski definition) is 2. The number of carbonyl (C=O) groups excluding carboxylic acids is 1. The number of aliphatic imine (C=N–C) groups is 1. The van der Waals surface area contributed by atoms with E-state index in [4.69, 9.17) is 9.47 Å². The van der Waals surface area contributed by atoms with E-state index in [2.05, 4.69) is 22.0 Å². The standard InChI is InChI=1S/C24H29N3O5S/c1-3-4-15-32-21-12-10-18(16-22(21)31-2)11-13-24(28)26-19-7-5-8-20(17-19)33(29,30)27-23-9-6-14-25-23/h5,7-8,10-13,16-17H,3-4,6,9,14-15H2,1-2H3,(H,25,27)(H,26,28)/b13-11+. The van der Waals surface area contributed by atoms with Crippen LogP contribution in [0, 0.1) is 0 Å². The van der Waals surface area contributed by atoms with Gasteiger partial charge in [-0.2, -0.15) is 0 Å². The number of amidine groups is 1. The molecule has 0 atom stereocenters. The summed E-state index contributed by atoms with van der Waals surface area (Å²) in [6.07, 6.45) is 6.46. The molecule has 9 heteroatoms. The predicted octanol–water partition coefficient (Wildman–Crippen LogP) is 4.00. The Kier molecular flexibility index (Phi) is 8.48. The second kappa shape index (κ2) is 11.5. The van der Waals surface area contributed by atoms with Crippen molar-refractivity contribution in [1.29, 1.82) is 0 Å². The van der Waals surface area contributed by atoms with E-state index in [0.717, 1.165) is 24.8 Å². The Labute approximate surface area is 194 Å². The topological polar surface area (TPSA) is 106 Å². The quantitative estimate of drug-likeness (QED) is 0.402. The first-order valence-corrected chi connectivity index (χ1v) is 12.4. The fraction of sp³-hybridized carbons (Fsp3) is 0.333. The van der Waals surface area contributed by atoms with Crippen molar-refractivity contribution in [3.8, 4) is 11.5 Å². The predicted molar refractivity (Wildman–Crippen MR) is 129 cm³/mol. The second-order valence-electron chi connectivity index (χ2n) is 7.50. The largest absolute Gasteiger partial charge is 0.493 e. The number of hydrogen-bond acceptors (Lipinski definition) is 6. The van der Waals surface area contributed by atoms with Crippen LogP contribution < -0.4 is 19.5 Å². The van der Waals surface area contributed by atoms with Gasteiger partial charge in [-0.05, 0) is 54.8 Å². The van der Waals surface area contributed by atoms with Gasteiger partial charge in [0.1, 0.15) is 5.84 Å². The van der Waals surface area contributed by atoms with Gasteiger partial charge in [0, 0.05) is 24.7 Å². The Morgan fingerprint density at radius 2 is 2.03 bits per heavy atom. The van der Waals surface area contributed by atoms with Crippen molar-refractivity contribution < 1.29 is 22.7 Å². The van der Waals surface area contributed by atoms with Gasteiger partial charge in [-0.25, -0.2) is 8.42 Å². The molecule has 0 bridgehead atoms. The summed E-state index contributed by atoms with van der Waals surface area (Å²) in [4.78, 5) is 16.6. The molecule has 2 aromatic carbocycles. The molecule has 3 rings (SSSR count). The fourth-order valence-electron chi connectivity index (χ4n) is 3.17. The number of ether oxygens (including phenoxy) is 2. The minimum Gasteiger partial charge on any atom is -0.493 e. The third kappa shape index (κ3) is 7.08. The van der Waals surface area contributed by atoms with Crippen molar-refractivity contribution in [2.45, 2.75) is 37.5 Å². The molecule has 0 saturated heterocycles. The summed E-state index contributed by atoms with van der Waals surface area (Å²) in [7, 11) is -2.19. The summed E-state index contributed by atoms with van der Waals surface area (Å²) < 4.78 is 38.7. The van der Waals surface area contributed by atoms with E-state index >= 15 is 0 Å². The highest BCUT2D eigenvalue weighted by Gasteiger charge is 2.18. The summed E-state index contributed by atoms with van der Waals surface area (Å²) in [5.41, 5.74) is 1.14. The Balaban J connectivity index is 1.64. The van der Waals surface area contributed by atoms with E-state index in [-0.39, 0.29) is 10.8 Å². The number of unbranched alkanes of at least 4 members (excludes halogenated alkanes) is 1. The van der Waals surface area contributed by atoms with Crippen LogP contribution in [-0.4, -0.2) is 40.4 Å². The Morgan fingerprint density at radius 3 is 2.76 bits per heavy atom. The molecule has 0 saturated carbocycles. The first-order chi connectivity index (χ1) is 15.9. The van der Waals surface area contributed by atoms with Crippen molar-refractivity contribution >= 4 is 33.5 Å². The molecule has 176 valence electrons. The van der Waals surface area contributed by atoms with Gasteiger partial charge in [0.25, 0.3) is 10.0 Å². The van der Waals surface area contributed by atoms with E-state index in [1.54, 1.807) is 31.4 Å². The minimum atomic E-state index is -3.75. The van der Waals surface area contributed by atoms with Gasteiger partial charge in [0.15, 0.2) is 11.5 Å². The molecule has 0 spiro atoms. The zero-order valence-corrected chi connectivity index (χ0v) is 19.7. The van der Waals surface area contributed by atoms with Crippen LogP contribution in [0.4, 0.5) is 5.69 Å². The molecule has 0 radical (unpaired) electrons. The van der Waals surface area contributed by atoms with E-state index in [9.17, 15) is 13.2 Å². The van der Waals surface area contributed by atoms with Gasteiger partial charge in [0.05, 0.1) is 18.6 Å². The molecule has 2 aromatic rings. The van der Waals surface area contributed by atoms with E-state index in [0.29, 0.717) is 42.6 Å². The first kappa shape index (κ1) is 24.3. The number of anilines is 1. The Hall–Kier alpha value is -3.33. The molecule has 1 aliphatic heterocycles. The highest BCUT2D eigenvalue weighted by Crippen LogP contribution is 2.28. The van der Waals surface area contributed by atoms with Crippen LogP contribution in [0.25, 0.3) is 6.08 Å². The maximum absolute atomic E-state index is 12.6. The molecular formula is C24H29N3O5S. The lowest BCUT2D eigenvalue weighted by atomic mass is 10.2. The number of nitrogens with one attached hydrogen (secondary N) is 2. The van der Waals surface area contributed by atoms with Crippen molar-refractivity contribution in [1.82, 2.24) is 4.72 Å². The molecule has 1 amide bonds. The number of rotatable bonds is 10. The fourth-order valence-corrected chi connectivity index (χ4v) is 4.30. The molecule has 2 N–H and O–H groups in total. The van der Waals surface area contributed by atoms with Crippen molar-refractivity contribution in [2.24, 2.45) is 4.99 Å². The molecular weight excluding hydrogens is 442 g/mol. The summed E-state index contributed by atoms with van der Waals surface area (Å²) >= 11 is 0. The van der Waals surface area contributed by atoms with Crippen LogP contribution in [-0.2, 0) is 14.8 Å². The van der Waals surface area contributed by atoms with Crippen molar-refractivity contribution in [3.05, 3.63) is 54.1 Å². The van der Waals surface area contributed by atoms with Gasteiger partial charge in [-0.15, -0.1) is 0 Å². The van der Waals surface area contributed by atoms with Gasteiger partial charge < -0.3 is 14.8 Å². The molecule has 1 heterocycles. The molecule has 0 unspecified atom stereocenters. The number of sulfonamides is 1. The molecule has 1 aliphatic rings. The number of amides is 1. The zero-order chi connectivity index (χ0) is 23.7. The molecule has 0 fully saturated rings. The molecule has 0 aliphatic carbocycles. The second-order valence-corrected chi connectivity index (χ2v) is 9.18. The number of carbonyl (C=O) groups is 1. The average molecular weight is 472 g/mol. The van der Waals surface area contributed by atoms with E-state index < -0.39 is 10.0 Å². The van der Waals surface area contributed by atoms with E-state index in [1.807, 2.05) is 12.1 Å². The molecule has 0 aromatic heterocycles. The summed E-state index contributed by atoms with van der Waals surface area (Å²) in [5, 5.41) is 2.69. The van der Waals surface area contributed by atoms with Crippen molar-refractivity contribution in [2.75, 3.05) is 25.6 Å². The monoisotopic (exact) mass is 471 g/mol. The van der Waals surface area contributed by atoms with Gasteiger partial charge in [0.2, 0.25) is 5.91 Å². The third-order valence-corrected chi connectivity index (χ3v) is 6.29. The lowest BCUT2D eigenvalue weighted by Gasteiger charge is -2.11. The lowest BCUT2D eigenvalue weighted by molar-refractivity contribution is -0.111. The number of methoxy groups -OCH3 is 1. The highest BCUT2D eigenvalue weighted by atomic mass is 32.2. The Bertz CT molecular complexity index is 1140. The third-order valence-electron chi connectivity index (χ3n) is 4.91. The molecule has 33 heavy (non-hydrogen) atoms. The summed E-state index contributed by atoms with van der Waals surface area (Å²) in [6, 6.07) is 11.5. The SMILES string of the molecule is CCCCOc1ccc(/C=C/C(=O)Nc2cccc(S(=O)(=O)NC3=NCCC3)c2)cc1OC. The van der Waals surface area contributed by atoms with Crippen LogP contribution in [0.1, 0.15) is 38.2 Å². The summed E-state index contributed by atoms with van der Waals surface area (Å²) in [6.45, 7) is 3.33. The van der Waals surface area contributed by atoms with Crippen LogP contribution >= 0.6 is 0 Å². The van der Waals surface area contributed by atoms with E-state index in [1.165, 1.54) is 18.2 Å². The first-order valence-electron chi connectivity index (χ1n) is 10.9. The van der Waals surface area contributed by atoms with Gasteiger partial charge in [-0.1, -0.05) is 25.5 Å². The lowest BCUT2D eigenvalue weighted by Crippen LogP contribution is -2.29. The minimum absolute atomic E-state index is 0.0577. The highest BCUT2D eigenvalue weighted by molar-refractivity contribution is 7.90. The maximum atomic E-state index is 12.6. The molecule has 8 nitrogen and oxygen atoms in total. The van der Waals surface area contributed by atoms with Crippen LogP contribution in [0.5, 0.6) is 11.5 Å². The average Bonchev–Trinajstić information content (AvgIpc) is 3.31. The van der Waals surface area contributed by atoms with Crippen LogP contribution in [0.15, 0.2) is 58.4 Å². The number of benzene rings is 2.